The Hall–Kier alpha value is -2.86. The second-order valence-electron chi connectivity index (χ2n) is 7.82. The van der Waals surface area contributed by atoms with E-state index in [1.165, 1.54) is 5.56 Å². The molecule has 0 aliphatic carbocycles. The van der Waals surface area contributed by atoms with Crippen molar-refractivity contribution in [3.8, 4) is 0 Å². The first-order valence-corrected chi connectivity index (χ1v) is 11.2. The molecule has 2 N–H and O–H groups in total. The molecule has 1 aliphatic heterocycles. The van der Waals surface area contributed by atoms with Gasteiger partial charge in [0.1, 0.15) is 0 Å². The van der Waals surface area contributed by atoms with Gasteiger partial charge in [-0.3, -0.25) is 4.79 Å². The molecule has 2 aromatic carbocycles. The number of carbonyl (C=O) groups is 1. The minimum absolute atomic E-state index is 0.220. The summed E-state index contributed by atoms with van der Waals surface area (Å²) in [6.07, 6.45) is 1.51. The molecule has 1 atom stereocenters. The van der Waals surface area contributed by atoms with Crippen molar-refractivity contribution in [2.24, 2.45) is 4.99 Å². The van der Waals surface area contributed by atoms with Gasteiger partial charge in [-0.1, -0.05) is 61.5 Å². The van der Waals surface area contributed by atoms with Gasteiger partial charge in [-0.2, -0.15) is 0 Å². The van der Waals surface area contributed by atoms with Crippen molar-refractivity contribution in [3.63, 3.8) is 0 Å². The average molecular weight is 423 g/mol. The maximum atomic E-state index is 11.9. The molecule has 0 aromatic heterocycles. The van der Waals surface area contributed by atoms with E-state index in [1.807, 2.05) is 30.0 Å². The molecule has 6 heteroatoms. The highest BCUT2D eigenvalue weighted by Gasteiger charge is 2.25. The van der Waals surface area contributed by atoms with Crippen LogP contribution in [0, 0.1) is 0 Å². The number of benzene rings is 2. The van der Waals surface area contributed by atoms with Gasteiger partial charge in [0, 0.05) is 32.1 Å². The van der Waals surface area contributed by atoms with Crippen LogP contribution in [0.5, 0.6) is 0 Å². The van der Waals surface area contributed by atoms with Crippen LogP contribution in [0.4, 0.5) is 0 Å². The zero-order valence-corrected chi connectivity index (χ0v) is 18.6. The van der Waals surface area contributed by atoms with Crippen LogP contribution >= 0.6 is 0 Å². The molecule has 0 saturated carbocycles. The molecule has 31 heavy (non-hydrogen) atoms. The number of ether oxygens (including phenoxy) is 1. The SMILES string of the molecule is CCNC(=NCc1cccc(COCc2ccccc2)c1)NC1CCN(C(=O)CC)C1. The summed E-state index contributed by atoms with van der Waals surface area (Å²) in [5, 5.41) is 6.80. The molecule has 2 aromatic rings. The maximum absolute atomic E-state index is 11.9. The molecule has 3 rings (SSSR count). The fourth-order valence-corrected chi connectivity index (χ4v) is 3.69. The van der Waals surface area contributed by atoms with E-state index >= 15 is 0 Å². The van der Waals surface area contributed by atoms with Crippen molar-refractivity contribution < 1.29 is 9.53 Å². The Morgan fingerprint density at radius 1 is 1.06 bits per heavy atom. The summed E-state index contributed by atoms with van der Waals surface area (Å²) >= 11 is 0. The van der Waals surface area contributed by atoms with E-state index < -0.39 is 0 Å². The molecule has 0 bridgehead atoms. The Morgan fingerprint density at radius 2 is 1.81 bits per heavy atom. The summed E-state index contributed by atoms with van der Waals surface area (Å²) in [5.74, 6) is 1.02. The van der Waals surface area contributed by atoms with Gasteiger partial charge in [0.05, 0.1) is 19.8 Å². The smallest absolute Gasteiger partial charge is 0.222 e. The molecule has 1 fully saturated rings. The minimum Gasteiger partial charge on any atom is -0.372 e. The van der Waals surface area contributed by atoms with E-state index in [0.717, 1.165) is 43.1 Å². The van der Waals surface area contributed by atoms with Gasteiger partial charge in [0.15, 0.2) is 5.96 Å². The number of rotatable bonds is 9. The van der Waals surface area contributed by atoms with Gasteiger partial charge in [0.25, 0.3) is 0 Å². The Morgan fingerprint density at radius 3 is 2.58 bits per heavy atom. The molecule has 1 aliphatic rings. The lowest BCUT2D eigenvalue weighted by Crippen LogP contribution is -2.45. The van der Waals surface area contributed by atoms with E-state index in [2.05, 4.69) is 54.0 Å². The number of hydrogen-bond donors (Lipinski definition) is 2. The first kappa shape index (κ1) is 22.8. The van der Waals surface area contributed by atoms with Crippen molar-refractivity contribution in [1.29, 1.82) is 0 Å². The molecule has 6 nitrogen and oxygen atoms in total. The topological polar surface area (TPSA) is 66.0 Å². The zero-order chi connectivity index (χ0) is 21.9. The van der Waals surface area contributed by atoms with Gasteiger partial charge < -0.3 is 20.3 Å². The van der Waals surface area contributed by atoms with Crippen LogP contribution in [0.25, 0.3) is 0 Å². The number of likely N-dealkylation sites (tertiary alicyclic amines) is 1. The lowest BCUT2D eigenvalue weighted by molar-refractivity contribution is -0.129. The number of nitrogens with one attached hydrogen (secondary N) is 2. The quantitative estimate of drug-likeness (QED) is 0.480. The van der Waals surface area contributed by atoms with E-state index in [0.29, 0.717) is 26.2 Å². The number of hydrogen-bond acceptors (Lipinski definition) is 3. The number of aliphatic imine (C=N–C) groups is 1. The van der Waals surface area contributed by atoms with Gasteiger partial charge in [-0.15, -0.1) is 0 Å². The highest BCUT2D eigenvalue weighted by molar-refractivity contribution is 5.80. The van der Waals surface area contributed by atoms with Crippen molar-refractivity contribution in [2.45, 2.75) is 52.5 Å². The maximum Gasteiger partial charge on any atom is 0.222 e. The lowest BCUT2D eigenvalue weighted by Gasteiger charge is -2.18. The summed E-state index contributed by atoms with van der Waals surface area (Å²) in [6.45, 7) is 8.10. The number of guanidine groups is 1. The van der Waals surface area contributed by atoms with Crippen molar-refractivity contribution in [3.05, 3.63) is 71.3 Å². The average Bonchev–Trinajstić information content (AvgIpc) is 3.27. The van der Waals surface area contributed by atoms with Crippen molar-refractivity contribution in [2.75, 3.05) is 19.6 Å². The zero-order valence-electron chi connectivity index (χ0n) is 18.6. The summed E-state index contributed by atoms with van der Waals surface area (Å²) in [6, 6.07) is 18.8. The third-order valence-corrected chi connectivity index (χ3v) is 5.32. The van der Waals surface area contributed by atoms with E-state index in [-0.39, 0.29) is 11.9 Å². The Kier molecular flexibility index (Phi) is 8.91. The first-order valence-electron chi connectivity index (χ1n) is 11.2. The lowest BCUT2D eigenvalue weighted by atomic mass is 10.1. The van der Waals surface area contributed by atoms with Crippen LogP contribution in [0.2, 0.25) is 0 Å². The predicted octanol–water partition coefficient (Wildman–Crippen LogP) is 3.47. The molecular formula is C25H34N4O2. The standard InChI is InChI=1S/C25H34N4O2/c1-3-24(30)29-14-13-23(17-29)28-25(26-4-2)27-16-21-11-8-12-22(15-21)19-31-18-20-9-6-5-7-10-20/h5-12,15,23H,3-4,13-14,16-19H2,1-2H3,(H2,26,27,28). The molecule has 1 saturated heterocycles. The van der Waals surface area contributed by atoms with Gasteiger partial charge in [-0.25, -0.2) is 4.99 Å². The van der Waals surface area contributed by atoms with E-state index in [9.17, 15) is 4.79 Å². The highest BCUT2D eigenvalue weighted by Crippen LogP contribution is 2.12. The molecule has 0 radical (unpaired) electrons. The Labute approximate surface area is 185 Å². The number of carbonyl (C=O) groups excluding carboxylic acids is 1. The monoisotopic (exact) mass is 422 g/mol. The van der Waals surface area contributed by atoms with Crippen LogP contribution in [0.15, 0.2) is 59.6 Å². The summed E-state index contributed by atoms with van der Waals surface area (Å²) in [7, 11) is 0. The third-order valence-electron chi connectivity index (χ3n) is 5.32. The van der Waals surface area contributed by atoms with Crippen LogP contribution in [0.1, 0.15) is 43.4 Å². The third kappa shape index (κ3) is 7.40. The van der Waals surface area contributed by atoms with Gasteiger partial charge >= 0.3 is 0 Å². The molecule has 1 amide bonds. The fraction of sp³-hybridized carbons (Fsp3) is 0.440. The van der Waals surface area contributed by atoms with Crippen LogP contribution in [-0.2, 0) is 29.3 Å². The predicted molar refractivity (Wildman–Crippen MR) is 125 cm³/mol. The Balaban J connectivity index is 1.52. The number of nitrogens with zero attached hydrogens (tertiary/aromatic N) is 2. The number of amides is 1. The minimum atomic E-state index is 0.220. The fourth-order valence-electron chi connectivity index (χ4n) is 3.69. The summed E-state index contributed by atoms with van der Waals surface area (Å²) < 4.78 is 5.86. The molecular weight excluding hydrogens is 388 g/mol. The second-order valence-corrected chi connectivity index (χ2v) is 7.82. The summed E-state index contributed by atoms with van der Waals surface area (Å²) in [5.41, 5.74) is 3.47. The highest BCUT2D eigenvalue weighted by atomic mass is 16.5. The molecule has 1 heterocycles. The van der Waals surface area contributed by atoms with Crippen LogP contribution in [0.3, 0.4) is 0 Å². The normalized spacial score (nSPS) is 16.4. The molecule has 0 spiro atoms. The second kappa shape index (κ2) is 12.1. The van der Waals surface area contributed by atoms with E-state index in [1.54, 1.807) is 0 Å². The first-order chi connectivity index (χ1) is 15.2. The summed E-state index contributed by atoms with van der Waals surface area (Å²) in [4.78, 5) is 18.6. The largest absolute Gasteiger partial charge is 0.372 e. The van der Waals surface area contributed by atoms with Gasteiger partial charge in [-0.05, 0) is 30.0 Å². The van der Waals surface area contributed by atoms with Crippen molar-refractivity contribution in [1.82, 2.24) is 15.5 Å². The van der Waals surface area contributed by atoms with Gasteiger partial charge in [0.2, 0.25) is 5.91 Å². The van der Waals surface area contributed by atoms with Crippen molar-refractivity contribution >= 4 is 11.9 Å². The molecule has 1 unspecified atom stereocenters. The molecule has 166 valence electrons. The Bertz CT molecular complexity index is 854. The van der Waals surface area contributed by atoms with E-state index in [4.69, 9.17) is 9.73 Å². The van der Waals surface area contributed by atoms with Crippen LogP contribution < -0.4 is 10.6 Å². The van der Waals surface area contributed by atoms with Crippen LogP contribution in [-0.4, -0.2) is 42.4 Å².